The molecule has 0 N–H and O–H groups in total. The fourth-order valence-corrected chi connectivity index (χ4v) is 11.9. The molecule has 6 rings (SSSR count). The quantitative estimate of drug-likeness (QED) is 0.143. The van der Waals surface area contributed by atoms with E-state index in [4.69, 9.17) is 37.9 Å². The lowest BCUT2D eigenvalue weighted by atomic mass is 9.66. The van der Waals surface area contributed by atoms with Gasteiger partial charge in [-0.15, -0.1) is 0 Å². The van der Waals surface area contributed by atoms with Gasteiger partial charge in [-0.05, 0) is 126 Å². The van der Waals surface area contributed by atoms with E-state index in [1.807, 2.05) is 6.92 Å². The van der Waals surface area contributed by atoms with Crippen LogP contribution in [0.25, 0.3) is 0 Å². The van der Waals surface area contributed by atoms with E-state index < -0.39 is 12.4 Å². The second-order valence-electron chi connectivity index (χ2n) is 18.3. The van der Waals surface area contributed by atoms with Crippen molar-refractivity contribution in [3.05, 3.63) is 11.6 Å². The molecule has 2 aliphatic heterocycles. The Morgan fingerprint density at radius 1 is 0.836 bits per heavy atom. The number of Topliss-reactive ketones (excluding diaryl/α,β-unsaturated/α-hetero) is 1. The average molecular weight is 776 g/mol. The molecule has 11 heteroatoms. The van der Waals surface area contributed by atoms with E-state index in [0.717, 1.165) is 63.4 Å². The number of cyclic esters (lactones) is 1. The second-order valence-corrected chi connectivity index (χ2v) is 18.3. The van der Waals surface area contributed by atoms with E-state index in [9.17, 15) is 9.59 Å². The van der Waals surface area contributed by atoms with Crippen molar-refractivity contribution in [3.63, 3.8) is 0 Å². The van der Waals surface area contributed by atoms with Crippen LogP contribution in [0, 0.1) is 53.3 Å². The number of carbonyl (C=O) groups is 2. The average Bonchev–Trinajstić information content (AvgIpc) is 3.69. The summed E-state index contributed by atoms with van der Waals surface area (Å²) in [6, 6.07) is 0.343. The zero-order valence-electron chi connectivity index (χ0n) is 35.6. The second kappa shape index (κ2) is 18.6. The van der Waals surface area contributed by atoms with Crippen LogP contribution in [-0.4, -0.2) is 121 Å². The summed E-state index contributed by atoms with van der Waals surface area (Å²) in [4.78, 5) is 30.7. The van der Waals surface area contributed by atoms with Crippen molar-refractivity contribution in [2.75, 3.05) is 42.5 Å². The van der Waals surface area contributed by atoms with Crippen LogP contribution >= 0.6 is 0 Å². The highest BCUT2D eigenvalue weighted by molar-refractivity contribution is 5.99. The third-order valence-electron chi connectivity index (χ3n) is 14.7. The number of ketones is 1. The summed E-state index contributed by atoms with van der Waals surface area (Å²) >= 11 is 0. The molecule has 0 radical (unpaired) electrons. The monoisotopic (exact) mass is 776 g/mol. The van der Waals surface area contributed by atoms with Crippen LogP contribution in [0.4, 0.5) is 0 Å². The molecule has 0 aromatic heterocycles. The molecular weight excluding hydrogens is 702 g/mol. The number of methoxy groups -OCH3 is 4. The maximum atomic E-state index is 14.8. The summed E-state index contributed by atoms with van der Waals surface area (Å²) in [6.45, 7) is 10.5. The maximum absolute atomic E-state index is 14.8. The van der Waals surface area contributed by atoms with Crippen molar-refractivity contribution in [2.45, 2.75) is 160 Å². The third kappa shape index (κ3) is 9.09. The number of hydrogen-bond donors (Lipinski definition) is 0. The van der Waals surface area contributed by atoms with E-state index >= 15 is 0 Å². The Labute approximate surface area is 331 Å². The molecule has 0 aromatic rings. The first-order valence-electron chi connectivity index (χ1n) is 21.5. The van der Waals surface area contributed by atoms with E-state index in [0.29, 0.717) is 29.7 Å². The highest BCUT2D eigenvalue weighted by Crippen LogP contribution is 2.69. The summed E-state index contributed by atoms with van der Waals surface area (Å²) in [5.41, 5.74) is 0.833. The van der Waals surface area contributed by atoms with Gasteiger partial charge in [0.1, 0.15) is 18.3 Å². The lowest BCUT2D eigenvalue weighted by Gasteiger charge is -2.40. The molecule has 0 aromatic carbocycles. The molecule has 4 aliphatic carbocycles. The molecule has 3 saturated carbocycles. The summed E-state index contributed by atoms with van der Waals surface area (Å²) < 4.78 is 49.9. The fourth-order valence-electron chi connectivity index (χ4n) is 11.9. The van der Waals surface area contributed by atoms with Crippen LogP contribution in [0.5, 0.6) is 0 Å². The first kappa shape index (κ1) is 43.1. The molecule has 55 heavy (non-hydrogen) atoms. The van der Waals surface area contributed by atoms with Gasteiger partial charge in [-0.25, -0.2) is 0 Å². The first-order chi connectivity index (χ1) is 26.3. The Morgan fingerprint density at radius 2 is 1.53 bits per heavy atom. The molecule has 5 unspecified atom stereocenters. The molecule has 2 heterocycles. The molecule has 18 atom stereocenters. The number of nitrogens with zero attached hydrogens (tertiary/aromatic N) is 1. The summed E-state index contributed by atoms with van der Waals surface area (Å²) in [7, 11) is 10.9. The Kier molecular flexibility index (Phi) is 14.6. The Hall–Kier alpha value is -1.44. The summed E-state index contributed by atoms with van der Waals surface area (Å²) in [5.74, 6) is 2.11. The molecule has 0 amide bonds. The molecule has 0 bridgehead atoms. The van der Waals surface area contributed by atoms with Crippen molar-refractivity contribution in [2.24, 2.45) is 53.3 Å². The predicted octanol–water partition coefficient (Wildman–Crippen LogP) is 6.45. The van der Waals surface area contributed by atoms with Crippen molar-refractivity contribution in [1.29, 1.82) is 0 Å². The number of hydrogen-bond acceptors (Lipinski definition) is 11. The summed E-state index contributed by atoms with van der Waals surface area (Å²) in [5, 5.41) is 0. The van der Waals surface area contributed by atoms with Crippen molar-refractivity contribution < 1.29 is 47.5 Å². The Morgan fingerprint density at radius 3 is 2.15 bits per heavy atom. The van der Waals surface area contributed by atoms with Crippen LogP contribution in [-0.2, 0) is 47.5 Å². The number of rotatable bonds is 14. The van der Waals surface area contributed by atoms with Crippen LogP contribution in [0.1, 0.15) is 98.8 Å². The number of likely N-dealkylation sites (N-methyl/N-ethyl adjacent to an activating group) is 1. The SMILES string of the molecule is CC[C@H]1CCC[C@H](O[C@H]2CC[C@H](N(C)C)C(C)O2)[C@@H](C)C(=O)C2=C[C@H]3[C@@H]4C[C@H](OC(OC)C(OC)C(OC)C(OC)C(C)C)C[C@H]4[C@@H]4C[C@@H]4[C@H]3[C@@H]2CC(=O)O1. The predicted molar refractivity (Wildman–Crippen MR) is 208 cm³/mol. The number of esters is 1. The lowest BCUT2D eigenvalue weighted by molar-refractivity contribution is -0.247. The minimum absolute atomic E-state index is 0.0205. The van der Waals surface area contributed by atoms with E-state index in [2.05, 4.69) is 52.8 Å². The standard InChI is InChI=1S/C44H73NO10/c1-12-26-14-13-15-36(55-38-17-16-35(45(6)7)25(5)52-38)24(4)40(47)34-21-32-29-19-27(18-28(29)30-20-31(30)39(32)33(34)22-37(46)53-26)54-44(51-11)43(50-10)42(49-9)41(48-8)23(2)3/h21,23-33,35-36,38-39,41-44H,12-20,22H2,1-11H3/t24-,25?,26+,27-,28-,29-,30+,31+,32+,33-,35+,36+,38+,39-,41?,42?,43?,44?/m1/s1. The first-order valence-corrected chi connectivity index (χ1v) is 21.5. The van der Waals surface area contributed by atoms with Gasteiger partial charge >= 0.3 is 5.97 Å². The van der Waals surface area contributed by atoms with Gasteiger partial charge in [0.05, 0.1) is 30.8 Å². The number of ether oxygens (including phenoxy) is 8. The van der Waals surface area contributed by atoms with Gasteiger partial charge in [0.25, 0.3) is 0 Å². The van der Waals surface area contributed by atoms with Gasteiger partial charge in [0.2, 0.25) is 0 Å². The minimum atomic E-state index is -0.634. The lowest BCUT2D eigenvalue weighted by Crippen LogP contribution is -2.51. The molecule has 2 saturated heterocycles. The fraction of sp³-hybridized carbons (Fsp3) is 0.909. The molecule has 0 spiro atoms. The zero-order valence-corrected chi connectivity index (χ0v) is 35.6. The Bertz CT molecular complexity index is 1320. The molecule has 5 fully saturated rings. The van der Waals surface area contributed by atoms with Crippen LogP contribution in [0.3, 0.4) is 0 Å². The van der Waals surface area contributed by atoms with Gasteiger partial charge in [-0.2, -0.15) is 0 Å². The van der Waals surface area contributed by atoms with Gasteiger partial charge < -0.3 is 42.8 Å². The minimum Gasteiger partial charge on any atom is -0.462 e. The molecule has 314 valence electrons. The van der Waals surface area contributed by atoms with Crippen molar-refractivity contribution in [3.8, 4) is 0 Å². The summed E-state index contributed by atoms with van der Waals surface area (Å²) in [6.07, 6.45) is 8.00. The van der Waals surface area contributed by atoms with Crippen LogP contribution < -0.4 is 0 Å². The van der Waals surface area contributed by atoms with Crippen molar-refractivity contribution >= 4 is 11.8 Å². The number of carbonyl (C=O) groups excluding carboxylic acids is 2. The van der Waals surface area contributed by atoms with Gasteiger partial charge in [0.15, 0.2) is 18.4 Å². The van der Waals surface area contributed by atoms with E-state index in [1.165, 1.54) is 0 Å². The van der Waals surface area contributed by atoms with Crippen LogP contribution in [0.15, 0.2) is 11.6 Å². The smallest absolute Gasteiger partial charge is 0.306 e. The van der Waals surface area contributed by atoms with Gasteiger partial charge in [-0.1, -0.05) is 33.8 Å². The number of fused-ring (bicyclic) bond motifs is 8. The van der Waals surface area contributed by atoms with E-state index in [-0.39, 0.29) is 90.7 Å². The highest BCUT2D eigenvalue weighted by atomic mass is 16.7. The largest absolute Gasteiger partial charge is 0.462 e. The van der Waals surface area contributed by atoms with Gasteiger partial charge in [0, 0.05) is 46.3 Å². The van der Waals surface area contributed by atoms with E-state index in [1.54, 1.807) is 28.4 Å². The van der Waals surface area contributed by atoms with Gasteiger partial charge in [-0.3, -0.25) is 9.59 Å². The number of allylic oxidation sites excluding steroid dienone is 2. The van der Waals surface area contributed by atoms with Crippen LogP contribution in [0.2, 0.25) is 0 Å². The third-order valence-corrected chi connectivity index (χ3v) is 14.7. The zero-order chi connectivity index (χ0) is 39.7. The Balaban J connectivity index is 1.22. The topological polar surface area (TPSA) is 111 Å². The highest BCUT2D eigenvalue weighted by Gasteiger charge is 2.64. The normalized spacial score (nSPS) is 41.5. The molecule has 11 nitrogen and oxygen atoms in total. The molecular formula is C44H73NO10. The molecule has 6 aliphatic rings. The maximum Gasteiger partial charge on any atom is 0.306 e. The van der Waals surface area contributed by atoms with Crippen molar-refractivity contribution in [1.82, 2.24) is 4.90 Å².